The third-order valence-corrected chi connectivity index (χ3v) is 4.94. The first-order chi connectivity index (χ1) is 12.8. The lowest BCUT2D eigenvalue weighted by Crippen LogP contribution is -2.36. The fourth-order valence-electron chi connectivity index (χ4n) is 2.69. The summed E-state index contributed by atoms with van der Waals surface area (Å²) in [6.45, 7) is 5.51. The van der Waals surface area contributed by atoms with Crippen LogP contribution in [0.1, 0.15) is 18.4 Å². The van der Waals surface area contributed by atoms with Gasteiger partial charge in [0.2, 0.25) is 5.91 Å². The highest BCUT2D eigenvalue weighted by atomic mass is 32.2. The maximum absolute atomic E-state index is 11.1. The summed E-state index contributed by atoms with van der Waals surface area (Å²) in [7, 11) is 0. The summed E-state index contributed by atoms with van der Waals surface area (Å²) in [6.07, 6.45) is 3.77. The number of ether oxygens (including phenoxy) is 2. The van der Waals surface area contributed by atoms with Crippen molar-refractivity contribution < 1.29 is 14.3 Å². The third-order valence-electron chi connectivity index (χ3n) is 4.08. The predicted molar refractivity (Wildman–Crippen MR) is 104 cm³/mol. The van der Waals surface area contributed by atoms with E-state index < -0.39 is 0 Å². The molecule has 0 saturated carbocycles. The predicted octanol–water partition coefficient (Wildman–Crippen LogP) is 1.73. The Morgan fingerprint density at radius 1 is 1.27 bits per heavy atom. The number of unbranched alkanes of at least 4 members (excludes halogenated alkanes) is 1. The van der Waals surface area contributed by atoms with Crippen LogP contribution < -0.4 is 10.1 Å². The molecule has 0 bridgehead atoms. The van der Waals surface area contributed by atoms with Crippen LogP contribution in [0, 0.1) is 0 Å². The van der Waals surface area contributed by atoms with Gasteiger partial charge < -0.3 is 14.8 Å². The normalized spacial score (nSPS) is 20.0. The molecule has 2 aliphatic heterocycles. The lowest BCUT2D eigenvalue weighted by Gasteiger charge is -2.26. The van der Waals surface area contributed by atoms with Gasteiger partial charge in [0.15, 0.2) is 5.17 Å². The molecule has 7 nitrogen and oxygen atoms in total. The summed E-state index contributed by atoms with van der Waals surface area (Å²) < 4.78 is 11.3. The summed E-state index contributed by atoms with van der Waals surface area (Å²) in [5, 5.41) is 11.3. The van der Waals surface area contributed by atoms with E-state index in [1.54, 1.807) is 6.21 Å². The van der Waals surface area contributed by atoms with Gasteiger partial charge in [0.05, 0.1) is 31.8 Å². The molecule has 0 aliphatic carbocycles. The van der Waals surface area contributed by atoms with Gasteiger partial charge in [-0.25, -0.2) is 0 Å². The van der Waals surface area contributed by atoms with Crippen molar-refractivity contribution in [1.82, 2.24) is 10.2 Å². The lowest BCUT2D eigenvalue weighted by atomic mass is 10.2. The first-order valence-corrected chi connectivity index (χ1v) is 9.85. The van der Waals surface area contributed by atoms with E-state index in [9.17, 15) is 4.79 Å². The molecule has 3 rings (SSSR count). The maximum atomic E-state index is 11.1. The second-order valence-electron chi connectivity index (χ2n) is 6.03. The molecule has 0 radical (unpaired) electrons. The van der Waals surface area contributed by atoms with Crippen molar-refractivity contribution in [3.05, 3.63) is 29.8 Å². The molecular formula is C18H24N4O3S. The van der Waals surface area contributed by atoms with Crippen LogP contribution in [0.25, 0.3) is 0 Å². The molecular weight excluding hydrogens is 352 g/mol. The number of amides is 1. The van der Waals surface area contributed by atoms with E-state index >= 15 is 0 Å². The largest absolute Gasteiger partial charge is 0.493 e. The second kappa shape index (κ2) is 10.3. The molecule has 1 amide bonds. The van der Waals surface area contributed by atoms with Gasteiger partial charge in [-0.2, -0.15) is 5.10 Å². The van der Waals surface area contributed by atoms with Crippen LogP contribution in [0.4, 0.5) is 0 Å². The average Bonchev–Trinajstić information content (AvgIpc) is 3.08. The number of hydrogen-bond acceptors (Lipinski definition) is 7. The zero-order valence-corrected chi connectivity index (χ0v) is 15.5. The quantitative estimate of drug-likeness (QED) is 0.425. The van der Waals surface area contributed by atoms with E-state index in [-0.39, 0.29) is 5.91 Å². The van der Waals surface area contributed by atoms with Gasteiger partial charge in [-0.15, -0.1) is 5.10 Å². The lowest BCUT2D eigenvalue weighted by molar-refractivity contribution is -0.116. The van der Waals surface area contributed by atoms with Crippen molar-refractivity contribution in [2.45, 2.75) is 12.8 Å². The van der Waals surface area contributed by atoms with E-state index in [2.05, 4.69) is 20.4 Å². The molecule has 0 aromatic heterocycles. The average molecular weight is 376 g/mol. The van der Waals surface area contributed by atoms with Crippen LogP contribution in [0.15, 0.2) is 34.5 Å². The highest BCUT2D eigenvalue weighted by molar-refractivity contribution is 8.15. The fraction of sp³-hybridized carbons (Fsp3) is 0.500. The Morgan fingerprint density at radius 2 is 2.12 bits per heavy atom. The number of benzene rings is 1. The molecule has 0 unspecified atom stereocenters. The van der Waals surface area contributed by atoms with E-state index in [4.69, 9.17) is 9.47 Å². The first kappa shape index (κ1) is 18.9. The van der Waals surface area contributed by atoms with Crippen LogP contribution in [-0.2, 0) is 9.53 Å². The number of nitrogens with one attached hydrogen (secondary N) is 1. The minimum atomic E-state index is -0.0373. The number of carbonyl (C=O) groups is 1. The zero-order chi connectivity index (χ0) is 18.0. The number of morpholine rings is 1. The minimum Gasteiger partial charge on any atom is -0.493 e. The van der Waals surface area contributed by atoms with Crippen molar-refractivity contribution in [2.75, 3.05) is 45.2 Å². The Bertz CT molecular complexity index is 660. The number of para-hydroxylation sites is 1. The van der Waals surface area contributed by atoms with Gasteiger partial charge in [-0.1, -0.05) is 23.9 Å². The van der Waals surface area contributed by atoms with Crippen LogP contribution in [0.2, 0.25) is 0 Å². The highest BCUT2D eigenvalue weighted by Gasteiger charge is 2.16. The van der Waals surface area contributed by atoms with Crippen LogP contribution in [0.3, 0.4) is 0 Å². The first-order valence-electron chi connectivity index (χ1n) is 8.87. The standard InChI is InChI=1S/C18H24N4O3S/c23-17-14-26-18(20-17)21-19-13-15-5-1-2-6-16(15)25-10-4-3-7-22-8-11-24-12-9-22/h1-2,5-6,13H,3-4,7-12,14H2,(H,20,21,23). The number of nitrogens with zero attached hydrogens (tertiary/aromatic N) is 3. The zero-order valence-electron chi connectivity index (χ0n) is 14.7. The van der Waals surface area contributed by atoms with Gasteiger partial charge in [0, 0.05) is 18.7 Å². The molecule has 140 valence electrons. The van der Waals surface area contributed by atoms with Crippen LogP contribution >= 0.6 is 11.8 Å². The molecule has 2 saturated heterocycles. The van der Waals surface area contributed by atoms with Crippen LogP contribution in [-0.4, -0.2) is 67.4 Å². The van der Waals surface area contributed by atoms with E-state index in [0.717, 1.165) is 57.0 Å². The van der Waals surface area contributed by atoms with Crippen LogP contribution in [0.5, 0.6) is 5.75 Å². The maximum Gasteiger partial charge on any atom is 0.236 e. The van der Waals surface area contributed by atoms with Gasteiger partial charge >= 0.3 is 0 Å². The molecule has 2 aliphatic rings. The fourth-order valence-corrected chi connectivity index (χ4v) is 3.32. The number of hydrogen-bond donors (Lipinski definition) is 1. The number of amidine groups is 1. The molecule has 1 N–H and O–H groups in total. The Balaban J connectivity index is 1.42. The summed E-state index contributed by atoms with van der Waals surface area (Å²) in [4.78, 5) is 13.6. The number of carbonyl (C=O) groups excluding carboxylic acids is 1. The van der Waals surface area contributed by atoms with Gasteiger partial charge in [-0.05, 0) is 31.5 Å². The molecule has 1 aromatic rings. The number of rotatable bonds is 8. The van der Waals surface area contributed by atoms with Crippen molar-refractivity contribution in [3.8, 4) is 5.75 Å². The van der Waals surface area contributed by atoms with Crippen molar-refractivity contribution in [1.29, 1.82) is 0 Å². The molecule has 0 spiro atoms. The second-order valence-corrected chi connectivity index (χ2v) is 7.00. The Hall–Kier alpha value is -1.90. The molecule has 1 aromatic carbocycles. The molecule has 2 fully saturated rings. The van der Waals surface area contributed by atoms with Gasteiger partial charge in [0.1, 0.15) is 5.75 Å². The Kier molecular flexibility index (Phi) is 7.48. The summed E-state index contributed by atoms with van der Waals surface area (Å²) in [5.41, 5.74) is 0.874. The summed E-state index contributed by atoms with van der Waals surface area (Å²) in [6, 6.07) is 7.75. The van der Waals surface area contributed by atoms with E-state index in [0.29, 0.717) is 17.5 Å². The van der Waals surface area contributed by atoms with Gasteiger partial charge in [0.25, 0.3) is 0 Å². The SMILES string of the molecule is O=C1CSC(=NN=Cc2ccccc2OCCCCN2CCOCC2)N1. The highest BCUT2D eigenvalue weighted by Crippen LogP contribution is 2.17. The molecule has 2 heterocycles. The van der Waals surface area contributed by atoms with E-state index in [1.165, 1.54) is 11.8 Å². The van der Waals surface area contributed by atoms with E-state index in [1.807, 2.05) is 24.3 Å². The molecule has 8 heteroatoms. The monoisotopic (exact) mass is 376 g/mol. The Morgan fingerprint density at radius 3 is 2.92 bits per heavy atom. The third kappa shape index (κ3) is 6.12. The smallest absolute Gasteiger partial charge is 0.236 e. The minimum absolute atomic E-state index is 0.0373. The number of thioether (sulfide) groups is 1. The molecule has 0 atom stereocenters. The summed E-state index contributed by atoms with van der Waals surface area (Å²) >= 11 is 1.35. The van der Waals surface area contributed by atoms with Crippen molar-refractivity contribution in [2.24, 2.45) is 10.2 Å². The van der Waals surface area contributed by atoms with Crippen molar-refractivity contribution in [3.63, 3.8) is 0 Å². The topological polar surface area (TPSA) is 75.5 Å². The molecule has 26 heavy (non-hydrogen) atoms. The van der Waals surface area contributed by atoms with Crippen molar-refractivity contribution >= 4 is 29.1 Å². The Labute approximate surface area is 157 Å². The van der Waals surface area contributed by atoms with Gasteiger partial charge in [-0.3, -0.25) is 9.69 Å². The summed E-state index contributed by atoms with van der Waals surface area (Å²) in [5.74, 6) is 1.16.